The molecule has 7 nitrogen and oxygen atoms in total. The molecular formula is C22H18N4O3. The van der Waals surface area contributed by atoms with E-state index in [1.807, 2.05) is 42.5 Å². The summed E-state index contributed by atoms with van der Waals surface area (Å²) >= 11 is 0. The number of hydrogen-bond acceptors (Lipinski definition) is 4. The number of benzene rings is 2. The molecule has 2 heterocycles. The van der Waals surface area contributed by atoms with Crippen molar-refractivity contribution >= 4 is 17.5 Å². The van der Waals surface area contributed by atoms with E-state index in [9.17, 15) is 9.59 Å². The van der Waals surface area contributed by atoms with Gasteiger partial charge in [-0.25, -0.2) is 0 Å². The van der Waals surface area contributed by atoms with Crippen molar-refractivity contribution in [2.24, 2.45) is 0 Å². The molecule has 0 unspecified atom stereocenters. The molecule has 0 aliphatic heterocycles. The minimum absolute atomic E-state index is 0.103. The average Bonchev–Trinajstić information content (AvgIpc) is 3.45. The summed E-state index contributed by atoms with van der Waals surface area (Å²) in [6, 6.07) is 20.7. The van der Waals surface area contributed by atoms with Crippen molar-refractivity contribution < 1.29 is 14.0 Å². The van der Waals surface area contributed by atoms with E-state index in [0.29, 0.717) is 17.0 Å². The van der Waals surface area contributed by atoms with Crippen molar-refractivity contribution in [3.05, 3.63) is 96.2 Å². The second-order valence-electron chi connectivity index (χ2n) is 6.31. The SMILES string of the molecule is O=C(Nc1c[nH]nc1C(=O)NCc1ccco1)c1ccc(-c2ccccc2)cc1. The van der Waals surface area contributed by atoms with Gasteiger partial charge in [-0.3, -0.25) is 14.7 Å². The maximum Gasteiger partial charge on any atom is 0.274 e. The molecule has 0 saturated carbocycles. The largest absolute Gasteiger partial charge is 0.467 e. The molecule has 29 heavy (non-hydrogen) atoms. The van der Waals surface area contributed by atoms with Crippen molar-refractivity contribution in [1.82, 2.24) is 15.5 Å². The smallest absolute Gasteiger partial charge is 0.274 e. The van der Waals surface area contributed by atoms with Crippen molar-refractivity contribution in [2.45, 2.75) is 6.54 Å². The van der Waals surface area contributed by atoms with E-state index in [1.54, 1.807) is 24.3 Å². The van der Waals surface area contributed by atoms with Crippen molar-refractivity contribution in [1.29, 1.82) is 0 Å². The van der Waals surface area contributed by atoms with Gasteiger partial charge in [0.2, 0.25) is 0 Å². The number of aromatic amines is 1. The second-order valence-corrected chi connectivity index (χ2v) is 6.31. The Hall–Kier alpha value is -4.13. The fraction of sp³-hybridized carbons (Fsp3) is 0.0455. The van der Waals surface area contributed by atoms with Crippen LogP contribution in [0.2, 0.25) is 0 Å². The summed E-state index contributed by atoms with van der Waals surface area (Å²) in [6.45, 7) is 0.229. The van der Waals surface area contributed by atoms with Crippen LogP contribution in [0, 0.1) is 0 Å². The number of furan rings is 1. The fourth-order valence-corrected chi connectivity index (χ4v) is 2.86. The third-order valence-electron chi connectivity index (χ3n) is 4.36. The molecule has 2 aromatic carbocycles. The number of H-pyrrole nitrogens is 1. The first-order chi connectivity index (χ1) is 14.2. The predicted octanol–water partition coefficient (Wildman–Crippen LogP) is 3.85. The van der Waals surface area contributed by atoms with Crippen molar-refractivity contribution in [3.63, 3.8) is 0 Å². The number of carbonyl (C=O) groups excluding carboxylic acids is 2. The normalized spacial score (nSPS) is 10.5. The Balaban J connectivity index is 1.42. The van der Waals surface area contributed by atoms with Gasteiger partial charge in [0.05, 0.1) is 18.5 Å². The Bertz CT molecular complexity index is 1100. The van der Waals surface area contributed by atoms with Crippen LogP contribution < -0.4 is 10.6 Å². The predicted molar refractivity (Wildman–Crippen MR) is 108 cm³/mol. The van der Waals surface area contributed by atoms with Crippen LogP contribution in [0.5, 0.6) is 0 Å². The van der Waals surface area contributed by atoms with Crippen molar-refractivity contribution in [2.75, 3.05) is 5.32 Å². The van der Waals surface area contributed by atoms with E-state index in [4.69, 9.17) is 4.42 Å². The molecule has 0 saturated heterocycles. The summed E-state index contributed by atoms with van der Waals surface area (Å²) in [5.41, 5.74) is 2.98. The van der Waals surface area contributed by atoms with Gasteiger partial charge in [-0.05, 0) is 35.4 Å². The van der Waals surface area contributed by atoms with E-state index in [0.717, 1.165) is 11.1 Å². The van der Waals surface area contributed by atoms with Gasteiger partial charge >= 0.3 is 0 Å². The Morgan fingerprint density at radius 3 is 2.38 bits per heavy atom. The molecule has 2 aromatic heterocycles. The van der Waals surface area contributed by atoms with Gasteiger partial charge in [-0.15, -0.1) is 0 Å². The highest BCUT2D eigenvalue weighted by molar-refractivity contribution is 6.08. The van der Waals surface area contributed by atoms with Crippen LogP contribution in [0.3, 0.4) is 0 Å². The Morgan fingerprint density at radius 2 is 1.66 bits per heavy atom. The number of hydrogen-bond donors (Lipinski definition) is 3. The molecule has 0 aliphatic carbocycles. The van der Waals surface area contributed by atoms with Gasteiger partial charge in [-0.2, -0.15) is 5.10 Å². The van der Waals surface area contributed by atoms with Gasteiger partial charge in [0.25, 0.3) is 11.8 Å². The van der Waals surface area contributed by atoms with E-state index >= 15 is 0 Å². The highest BCUT2D eigenvalue weighted by Crippen LogP contribution is 2.20. The third kappa shape index (κ3) is 4.24. The molecule has 0 bridgehead atoms. The fourth-order valence-electron chi connectivity index (χ4n) is 2.86. The maximum atomic E-state index is 12.6. The lowest BCUT2D eigenvalue weighted by atomic mass is 10.0. The molecule has 144 valence electrons. The van der Waals surface area contributed by atoms with Crippen molar-refractivity contribution in [3.8, 4) is 11.1 Å². The zero-order chi connectivity index (χ0) is 20.1. The van der Waals surface area contributed by atoms with Crippen LogP contribution in [0.25, 0.3) is 11.1 Å². The molecule has 4 rings (SSSR count). The molecule has 4 aromatic rings. The van der Waals surface area contributed by atoms with Gasteiger partial charge < -0.3 is 15.1 Å². The van der Waals surface area contributed by atoms with Crippen LogP contribution in [0.15, 0.2) is 83.6 Å². The van der Waals surface area contributed by atoms with Crippen LogP contribution in [-0.2, 0) is 6.54 Å². The van der Waals surface area contributed by atoms with Gasteiger partial charge in [0.15, 0.2) is 5.69 Å². The molecule has 2 amide bonds. The lowest BCUT2D eigenvalue weighted by Crippen LogP contribution is -2.24. The maximum absolute atomic E-state index is 12.6. The highest BCUT2D eigenvalue weighted by atomic mass is 16.3. The zero-order valence-corrected chi connectivity index (χ0v) is 15.4. The summed E-state index contributed by atoms with van der Waals surface area (Å²) in [5.74, 6) is -0.124. The second kappa shape index (κ2) is 8.26. The van der Waals surface area contributed by atoms with Gasteiger partial charge in [0.1, 0.15) is 5.76 Å². The number of nitrogens with zero attached hydrogens (tertiary/aromatic N) is 1. The van der Waals surface area contributed by atoms with Crippen LogP contribution in [0.4, 0.5) is 5.69 Å². The lowest BCUT2D eigenvalue weighted by molar-refractivity contribution is 0.0944. The molecule has 0 radical (unpaired) electrons. The topological polar surface area (TPSA) is 100 Å². The van der Waals surface area contributed by atoms with Crippen LogP contribution in [0.1, 0.15) is 26.6 Å². The molecule has 0 atom stereocenters. The molecule has 0 aliphatic rings. The molecule has 7 heteroatoms. The summed E-state index contributed by atoms with van der Waals surface area (Å²) in [6.07, 6.45) is 3.00. The molecule has 0 spiro atoms. The Kier molecular flexibility index (Phi) is 5.20. The number of carbonyl (C=O) groups is 2. The third-order valence-corrected chi connectivity index (χ3v) is 4.36. The summed E-state index contributed by atoms with van der Waals surface area (Å²) in [5, 5.41) is 12.0. The standard InChI is InChI=1S/C22H18N4O3/c27-21(17-10-8-16(9-11-17)15-5-2-1-3-6-15)25-19-14-24-26-20(19)22(28)23-13-18-7-4-12-29-18/h1-12,14H,13H2,(H,23,28)(H,24,26)(H,25,27). The Morgan fingerprint density at radius 1 is 0.897 bits per heavy atom. The van der Waals surface area contributed by atoms with E-state index in [2.05, 4.69) is 20.8 Å². The van der Waals surface area contributed by atoms with E-state index in [-0.39, 0.29) is 18.1 Å². The Labute approximate surface area is 166 Å². The highest BCUT2D eigenvalue weighted by Gasteiger charge is 2.17. The molecular weight excluding hydrogens is 368 g/mol. The molecule has 0 fully saturated rings. The number of rotatable bonds is 6. The number of nitrogens with one attached hydrogen (secondary N) is 3. The minimum Gasteiger partial charge on any atom is -0.467 e. The summed E-state index contributed by atoms with van der Waals surface area (Å²) in [4.78, 5) is 24.9. The number of aromatic nitrogens is 2. The zero-order valence-electron chi connectivity index (χ0n) is 15.4. The summed E-state index contributed by atoms with van der Waals surface area (Å²) < 4.78 is 5.18. The van der Waals surface area contributed by atoms with Crippen LogP contribution >= 0.6 is 0 Å². The first-order valence-electron chi connectivity index (χ1n) is 9.02. The molecule has 3 N–H and O–H groups in total. The van der Waals surface area contributed by atoms with Crippen LogP contribution in [-0.4, -0.2) is 22.0 Å². The minimum atomic E-state index is -0.419. The number of anilines is 1. The van der Waals surface area contributed by atoms with Gasteiger partial charge in [0, 0.05) is 11.8 Å². The lowest BCUT2D eigenvalue weighted by Gasteiger charge is -2.07. The monoisotopic (exact) mass is 386 g/mol. The van der Waals surface area contributed by atoms with E-state index in [1.165, 1.54) is 12.5 Å². The average molecular weight is 386 g/mol. The van der Waals surface area contributed by atoms with E-state index < -0.39 is 5.91 Å². The first-order valence-corrected chi connectivity index (χ1v) is 9.02. The van der Waals surface area contributed by atoms with Gasteiger partial charge in [-0.1, -0.05) is 42.5 Å². The quantitative estimate of drug-likeness (QED) is 0.469. The number of amides is 2. The first kappa shape index (κ1) is 18.2. The summed E-state index contributed by atoms with van der Waals surface area (Å²) in [7, 11) is 0.